The summed E-state index contributed by atoms with van der Waals surface area (Å²) >= 11 is 0. The normalized spacial score (nSPS) is 10.8. The van der Waals surface area contributed by atoms with E-state index in [1.807, 2.05) is 43.3 Å². The Morgan fingerprint density at radius 3 is 2.72 bits per heavy atom. The molecule has 1 aromatic heterocycles. The van der Waals surface area contributed by atoms with Crippen molar-refractivity contribution in [2.24, 2.45) is 0 Å². The van der Waals surface area contributed by atoms with Crippen LogP contribution in [-0.2, 0) is 4.74 Å². The Morgan fingerprint density at radius 2 is 2.00 bits per heavy atom. The summed E-state index contributed by atoms with van der Waals surface area (Å²) in [7, 11) is 3.84. The monoisotopic (exact) mass is 245 g/mol. The zero-order chi connectivity index (χ0) is 13.0. The van der Waals surface area contributed by atoms with Crippen LogP contribution in [0.25, 0.3) is 11.0 Å². The summed E-state index contributed by atoms with van der Waals surface area (Å²) in [6.45, 7) is 1.03. The molecule has 94 valence electrons. The van der Waals surface area contributed by atoms with Crippen LogP contribution in [0.2, 0.25) is 0 Å². The summed E-state index contributed by atoms with van der Waals surface area (Å²) in [4.78, 5) is 22.1. The molecule has 0 aliphatic carbocycles. The van der Waals surface area contributed by atoms with Crippen molar-refractivity contribution >= 4 is 17.0 Å². The second-order valence-corrected chi connectivity index (χ2v) is 4.18. The van der Waals surface area contributed by atoms with Crippen LogP contribution in [0.5, 0.6) is 0 Å². The largest absolute Gasteiger partial charge is 0.460 e. The first-order chi connectivity index (χ1) is 8.66. The lowest BCUT2D eigenvalue weighted by Gasteiger charge is -2.09. The van der Waals surface area contributed by atoms with Gasteiger partial charge in [-0.15, -0.1) is 0 Å². The van der Waals surface area contributed by atoms with Gasteiger partial charge in [0.25, 0.3) is 0 Å². The lowest BCUT2D eigenvalue weighted by molar-refractivity contribution is 0.0475. The molecule has 18 heavy (non-hydrogen) atoms. The zero-order valence-electron chi connectivity index (χ0n) is 10.5. The van der Waals surface area contributed by atoms with Crippen molar-refractivity contribution < 1.29 is 9.53 Å². The molecule has 0 unspecified atom stereocenters. The van der Waals surface area contributed by atoms with Crippen LogP contribution in [0.1, 0.15) is 10.5 Å². The molecule has 0 amide bonds. The first-order valence-corrected chi connectivity index (χ1v) is 5.70. The molecule has 1 heterocycles. The number of para-hydroxylation sites is 2. The van der Waals surface area contributed by atoms with Gasteiger partial charge in [0.15, 0.2) is 5.69 Å². The maximum atomic E-state index is 11.7. The Kier molecular flexibility index (Phi) is 3.84. The first-order valence-electron chi connectivity index (χ1n) is 5.70. The van der Waals surface area contributed by atoms with Crippen LogP contribution in [0.4, 0.5) is 0 Å². The summed E-state index contributed by atoms with van der Waals surface area (Å²) in [6, 6.07) is 7.41. The fraction of sp³-hybridized carbons (Fsp3) is 0.308. The van der Waals surface area contributed by atoms with Crippen LogP contribution in [0.15, 0.2) is 30.5 Å². The van der Waals surface area contributed by atoms with Gasteiger partial charge < -0.3 is 9.64 Å². The number of esters is 1. The van der Waals surface area contributed by atoms with E-state index in [-0.39, 0.29) is 5.69 Å². The molecule has 2 aromatic rings. The van der Waals surface area contributed by atoms with Crippen molar-refractivity contribution in [2.75, 3.05) is 27.2 Å². The Balaban J connectivity index is 2.08. The smallest absolute Gasteiger partial charge is 0.358 e. The third kappa shape index (κ3) is 3.01. The van der Waals surface area contributed by atoms with Gasteiger partial charge in [-0.25, -0.2) is 9.78 Å². The van der Waals surface area contributed by atoms with E-state index < -0.39 is 5.97 Å². The van der Waals surface area contributed by atoms with Crippen LogP contribution in [-0.4, -0.2) is 48.1 Å². The number of aromatic nitrogens is 2. The van der Waals surface area contributed by atoms with Crippen LogP contribution >= 0.6 is 0 Å². The maximum Gasteiger partial charge on any atom is 0.358 e. The maximum absolute atomic E-state index is 11.7. The fourth-order valence-corrected chi connectivity index (χ4v) is 1.45. The van der Waals surface area contributed by atoms with Gasteiger partial charge >= 0.3 is 5.97 Å². The Morgan fingerprint density at radius 1 is 1.28 bits per heavy atom. The highest BCUT2D eigenvalue weighted by Crippen LogP contribution is 2.08. The summed E-state index contributed by atoms with van der Waals surface area (Å²) in [5.74, 6) is -0.435. The van der Waals surface area contributed by atoms with Crippen molar-refractivity contribution in [3.63, 3.8) is 0 Å². The van der Waals surface area contributed by atoms with E-state index in [9.17, 15) is 4.79 Å². The number of carbonyl (C=O) groups is 1. The highest BCUT2D eigenvalue weighted by molar-refractivity contribution is 5.89. The van der Waals surface area contributed by atoms with Gasteiger partial charge in [-0.3, -0.25) is 4.98 Å². The van der Waals surface area contributed by atoms with E-state index in [0.29, 0.717) is 18.7 Å². The van der Waals surface area contributed by atoms with Gasteiger partial charge in [0.1, 0.15) is 6.61 Å². The molecule has 0 fully saturated rings. The van der Waals surface area contributed by atoms with Gasteiger partial charge in [-0.05, 0) is 26.2 Å². The first kappa shape index (κ1) is 12.4. The van der Waals surface area contributed by atoms with E-state index in [1.165, 1.54) is 6.20 Å². The van der Waals surface area contributed by atoms with Gasteiger partial charge in [0.2, 0.25) is 0 Å². The lowest BCUT2D eigenvalue weighted by atomic mass is 10.3. The molecule has 5 heteroatoms. The summed E-state index contributed by atoms with van der Waals surface area (Å²) in [6.07, 6.45) is 1.44. The molecule has 1 aromatic carbocycles. The molecule has 0 radical (unpaired) electrons. The lowest BCUT2D eigenvalue weighted by Crippen LogP contribution is -2.20. The van der Waals surface area contributed by atoms with Crippen molar-refractivity contribution in [1.29, 1.82) is 0 Å². The van der Waals surface area contributed by atoms with Crippen LogP contribution < -0.4 is 0 Å². The molecule has 0 aliphatic heterocycles. The Labute approximate surface area is 105 Å². The van der Waals surface area contributed by atoms with E-state index >= 15 is 0 Å². The number of ether oxygens (including phenoxy) is 1. The molecule has 0 N–H and O–H groups in total. The summed E-state index contributed by atoms with van der Waals surface area (Å²) in [5.41, 5.74) is 1.70. The minimum absolute atomic E-state index is 0.243. The van der Waals surface area contributed by atoms with E-state index in [4.69, 9.17) is 4.74 Å². The van der Waals surface area contributed by atoms with Gasteiger partial charge in [0, 0.05) is 6.54 Å². The second-order valence-electron chi connectivity index (χ2n) is 4.18. The predicted octanol–water partition coefficient (Wildman–Crippen LogP) is 1.35. The van der Waals surface area contributed by atoms with Crippen LogP contribution in [0, 0.1) is 0 Å². The summed E-state index contributed by atoms with van der Waals surface area (Å²) < 4.78 is 5.10. The quantitative estimate of drug-likeness (QED) is 0.761. The number of hydrogen-bond acceptors (Lipinski definition) is 5. The second kappa shape index (κ2) is 5.55. The number of carbonyl (C=O) groups excluding carboxylic acids is 1. The minimum Gasteiger partial charge on any atom is -0.460 e. The average Bonchev–Trinajstić information content (AvgIpc) is 2.37. The molecular formula is C13H15N3O2. The van der Waals surface area contributed by atoms with E-state index in [0.717, 1.165) is 5.52 Å². The third-order valence-corrected chi connectivity index (χ3v) is 2.43. The number of nitrogens with zero attached hydrogens (tertiary/aromatic N) is 3. The third-order valence-electron chi connectivity index (χ3n) is 2.43. The number of hydrogen-bond donors (Lipinski definition) is 0. The zero-order valence-corrected chi connectivity index (χ0v) is 10.5. The fourth-order valence-electron chi connectivity index (χ4n) is 1.45. The van der Waals surface area contributed by atoms with Gasteiger partial charge in [-0.2, -0.15) is 0 Å². The highest BCUT2D eigenvalue weighted by Gasteiger charge is 2.10. The summed E-state index contributed by atoms with van der Waals surface area (Å²) in [5, 5.41) is 0. The SMILES string of the molecule is CN(C)CCOC(=O)c1cnc2ccccc2n1. The van der Waals surface area contributed by atoms with Gasteiger partial charge in [-0.1, -0.05) is 12.1 Å². The van der Waals surface area contributed by atoms with E-state index in [1.54, 1.807) is 0 Å². The highest BCUT2D eigenvalue weighted by atomic mass is 16.5. The molecule has 0 saturated carbocycles. The molecule has 0 atom stereocenters. The number of likely N-dealkylation sites (N-methyl/N-ethyl adjacent to an activating group) is 1. The van der Waals surface area contributed by atoms with Gasteiger partial charge in [0.05, 0.1) is 17.2 Å². The molecule has 0 spiro atoms. The average molecular weight is 245 g/mol. The standard InChI is InChI=1S/C13H15N3O2/c1-16(2)7-8-18-13(17)12-9-14-10-5-3-4-6-11(10)15-12/h3-6,9H,7-8H2,1-2H3. The molecule has 0 aliphatic rings. The number of benzene rings is 1. The molecule has 0 saturated heterocycles. The number of fused-ring (bicyclic) bond motifs is 1. The Hall–Kier alpha value is -2.01. The molecule has 2 rings (SSSR count). The van der Waals surface area contributed by atoms with Crippen molar-refractivity contribution in [3.8, 4) is 0 Å². The molecule has 0 bridgehead atoms. The minimum atomic E-state index is -0.435. The molecular weight excluding hydrogens is 230 g/mol. The van der Waals surface area contributed by atoms with Crippen molar-refractivity contribution in [2.45, 2.75) is 0 Å². The molecule has 5 nitrogen and oxygen atoms in total. The predicted molar refractivity (Wildman–Crippen MR) is 68.4 cm³/mol. The topological polar surface area (TPSA) is 55.3 Å². The van der Waals surface area contributed by atoms with E-state index in [2.05, 4.69) is 9.97 Å². The van der Waals surface area contributed by atoms with Crippen molar-refractivity contribution in [3.05, 3.63) is 36.2 Å². The Bertz CT molecular complexity index is 555. The van der Waals surface area contributed by atoms with Crippen molar-refractivity contribution in [1.82, 2.24) is 14.9 Å². The number of rotatable bonds is 4. The van der Waals surface area contributed by atoms with Crippen LogP contribution in [0.3, 0.4) is 0 Å².